The number of nitrogens with zero attached hydrogens (tertiary/aromatic N) is 2. The van der Waals surface area contributed by atoms with Crippen molar-refractivity contribution in [2.45, 2.75) is 13.5 Å². The summed E-state index contributed by atoms with van der Waals surface area (Å²) in [6, 6.07) is 22.1. The second-order valence-corrected chi connectivity index (χ2v) is 6.84. The number of hydrogen-bond donors (Lipinski definition) is 1. The number of nitro benzene ring substituents is 1. The number of carbonyl (C=O) groups excluding carboxylic acids is 1. The van der Waals surface area contributed by atoms with Crippen molar-refractivity contribution in [3.05, 3.63) is 99.6 Å². The Balaban J connectivity index is 1.76. The molecule has 0 spiro atoms. The Morgan fingerprint density at radius 3 is 2.42 bits per heavy atom. The number of rotatable bonds is 9. The molecule has 0 aliphatic rings. The molecule has 0 radical (unpaired) electrons. The maximum Gasteiger partial charge on any atom is 0.269 e. The van der Waals surface area contributed by atoms with Crippen LogP contribution in [0.25, 0.3) is 6.08 Å². The maximum absolute atomic E-state index is 12.5. The number of nitro groups is 1. The van der Waals surface area contributed by atoms with E-state index in [0.29, 0.717) is 36.0 Å². The second kappa shape index (κ2) is 11.1. The number of nitriles is 1. The van der Waals surface area contributed by atoms with Crippen LogP contribution in [0.3, 0.4) is 0 Å². The zero-order valence-corrected chi connectivity index (χ0v) is 17.9. The number of non-ortho nitro benzene ring substituents is 1. The summed E-state index contributed by atoms with van der Waals surface area (Å²) in [5.41, 5.74) is 1.71. The van der Waals surface area contributed by atoms with Gasteiger partial charge in [-0.15, -0.1) is 0 Å². The Bertz CT molecular complexity index is 1200. The molecule has 0 aliphatic carbocycles. The molecule has 0 atom stereocenters. The van der Waals surface area contributed by atoms with E-state index in [-0.39, 0.29) is 11.3 Å². The highest BCUT2D eigenvalue weighted by Gasteiger charge is 2.13. The number of carbonyl (C=O) groups is 1. The van der Waals surface area contributed by atoms with Gasteiger partial charge in [0, 0.05) is 17.8 Å². The van der Waals surface area contributed by atoms with Gasteiger partial charge >= 0.3 is 0 Å². The molecular weight excluding hydrogens is 422 g/mol. The van der Waals surface area contributed by atoms with Crippen LogP contribution in [0.15, 0.2) is 78.4 Å². The Kier molecular flexibility index (Phi) is 7.76. The minimum absolute atomic E-state index is 0.0953. The number of nitrogens with one attached hydrogen (secondary N) is 1. The van der Waals surface area contributed by atoms with E-state index in [2.05, 4.69) is 5.32 Å². The van der Waals surface area contributed by atoms with Crippen molar-refractivity contribution in [3.63, 3.8) is 0 Å². The van der Waals surface area contributed by atoms with Crippen LogP contribution < -0.4 is 14.8 Å². The number of anilines is 1. The second-order valence-electron chi connectivity index (χ2n) is 6.84. The summed E-state index contributed by atoms with van der Waals surface area (Å²) < 4.78 is 11.6. The molecule has 166 valence electrons. The third-order valence-electron chi connectivity index (χ3n) is 4.52. The molecule has 0 saturated carbocycles. The summed E-state index contributed by atoms with van der Waals surface area (Å²) in [5, 5.41) is 22.8. The lowest BCUT2D eigenvalue weighted by atomic mass is 10.1. The van der Waals surface area contributed by atoms with E-state index >= 15 is 0 Å². The van der Waals surface area contributed by atoms with Gasteiger partial charge in [-0.25, -0.2) is 0 Å². The van der Waals surface area contributed by atoms with Crippen LogP contribution in [0.2, 0.25) is 0 Å². The van der Waals surface area contributed by atoms with Gasteiger partial charge in [-0.05, 0) is 48.4 Å². The Morgan fingerprint density at radius 1 is 1.06 bits per heavy atom. The summed E-state index contributed by atoms with van der Waals surface area (Å²) >= 11 is 0. The van der Waals surface area contributed by atoms with Gasteiger partial charge in [0.05, 0.1) is 11.5 Å². The molecule has 8 nitrogen and oxygen atoms in total. The van der Waals surface area contributed by atoms with Gasteiger partial charge in [-0.3, -0.25) is 14.9 Å². The van der Waals surface area contributed by atoms with E-state index in [1.165, 1.54) is 30.3 Å². The molecule has 1 N–H and O–H groups in total. The van der Waals surface area contributed by atoms with Crippen molar-refractivity contribution in [1.29, 1.82) is 5.26 Å². The molecule has 0 saturated heterocycles. The van der Waals surface area contributed by atoms with Gasteiger partial charge in [-0.1, -0.05) is 36.4 Å². The molecule has 0 fully saturated rings. The summed E-state index contributed by atoms with van der Waals surface area (Å²) in [7, 11) is 0. The van der Waals surface area contributed by atoms with Gasteiger partial charge in [0.2, 0.25) is 0 Å². The van der Waals surface area contributed by atoms with Gasteiger partial charge in [0.15, 0.2) is 11.5 Å². The van der Waals surface area contributed by atoms with Crippen molar-refractivity contribution in [3.8, 4) is 17.6 Å². The Hall–Kier alpha value is -4.64. The molecule has 3 aromatic carbocycles. The van der Waals surface area contributed by atoms with E-state index in [1.54, 1.807) is 18.2 Å². The van der Waals surface area contributed by atoms with Crippen LogP contribution in [0, 0.1) is 21.4 Å². The highest BCUT2D eigenvalue weighted by atomic mass is 16.6. The average Bonchev–Trinajstić information content (AvgIpc) is 2.83. The molecule has 8 heteroatoms. The molecule has 0 aliphatic heterocycles. The van der Waals surface area contributed by atoms with Gasteiger partial charge < -0.3 is 14.8 Å². The first-order valence-corrected chi connectivity index (χ1v) is 10.1. The van der Waals surface area contributed by atoms with Crippen LogP contribution in [0.1, 0.15) is 18.1 Å². The lowest BCUT2D eigenvalue weighted by Gasteiger charge is -2.13. The fourth-order valence-corrected chi connectivity index (χ4v) is 2.92. The SMILES string of the molecule is CCOc1cc(C=C(C#N)C(=O)Nc2ccc([N+](=O)[O-])cc2)ccc1OCc1ccccc1. The Labute approximate surface area is 190 Å². The first kappa shape index (κ1) is 23.0. The van der Waals surface area contributed by atoms with E-state index in [1.807, 2.05) is 43.3 Å². The average molecular weight is 443 g/mol. The highest BCUT2D eigenvalue weighted by molar-refractivity contribution is 6.09. The molecule has 3 aromatic rings. The smallest absolute Gasteiger partial charge is 0.269 e. The molecule has 0 bridgehead atoms. The summed E-state index contributed by atoms with van der Waals surface area (Å²) in [6.07, 6.45) is 1.43. The lowest BCUT2D eigenvalue weighted by Crippen LogP contribution is -2.13. The molecule has 0 heterocycles. The molecule has 33 heavy (non-hydrogen) atoms. The van der Waals surface area contributed by atoms with Crippen molar-refractivity contribution >= 4 is 23.4 Å². The lowest BCUT2D eigenvalue weighted by molar-refractivity contribution is -0.384. The Morgan fingerprint density at radius 2 is 1.79 bits per heavy atom. The number of amides is 1. The zero-order valence-electron chi connectivity index (χ0n) is 17.9. The monoisotopic (exact) mass is 443 g/mol. The van der Waals surface area contributed by atoms with Crippen LogP contribution in [0.4, 0.5) is 11.4 Å². The number of ether oxygens (including phenoxy) is 2. The molecule has 3 rings (SSSR count). The summed E-state index contributed by atoms with van der Waals surface area (Å²) in [5.74, 6) is 0.413. The highest BCUT2D eigenvalue weighted by Crippen LogP contribution is 2.30. The van der Waals surface area contributed by atoms with E-state index in [9.17, 15) is 20.2 Å². The predicted octanol–water partition coefficient (Wildman–Crippen LogP) is 5.12. The zero-order chi connectivity index (χ0) is 23.6. The molecule has 0 aromatic heterocycles. The minimum Gasteiger partial charge on any atom is -0.490 e. The van der Waals surface area contributed by atoms with Crippen molar-refractivity contribution in [2.75, 3.05) is 11.9 Å². The molecule has 0 unspecified atom stereocenters. The van der Waals surface area contributed by atoms with Crippen LogP contribution in [-0.2, 0) is 11.4 Å². The normalized spacial score (nSPS) is 10.7. The van der Waals surface area contributed by atoms with Gasteiger partial charge in [0.1, 0.15) is 18.2 Å². The number of benzene rings is 3. The molecular formula is C25H21N3O5. The van der Waals surface area contributed by atoms with Gasteiger partial charge in [0.25, 0.3) is 11.6 Å². The van der Waals surface area contributed by atoms with Gasteiger partial charge in [-0.2, -0.15) is 5.26 Å². The van der Waals surface area contributed by atoms with Crippen LogP contribution in [-0.4, -0.2) is 17.4 Å². The largest absolute Gasteiger partial charge is 0.490 e. The maximum atomic E-state index is 12.5. The first-order valence-electron chi connectivity index (χ1n) is 10.1. The van der Waals surface area contributed by atoms with Crippen molar-refractivity contribution in [1.82, 2.24) is 0 Å². The fraction of sp³-hybridized carbons (Fsp3) is 0.120. The predicted molar refractivity (Wildman–Crippen MR) is 124 cm³/mol. The van der Waals surface area contributed by atoms with Crippen molar-refractivity contribution < 1.29 is 19.2 Å². The topological polar surface area (TPSA) is 114 Å². The standard InChI is InChI=1S/C25H21N3O5/c1-2-32-24-15-19(8-13-23(24)33-17-18-6-4-3-5-7-18)14-20(16-26)25(29)27-21-9-11-22(12-10-21)28(30)31/h3-15H,2,17H2,1H3,(H,27,29). The van der Waals surface area contributed by atoms with E-state index in [4.69, 9.17) is 9.47 Å². The summed E-state index contributed by atoms with van der Waals surface area (Å²) in [6.45, 7) is 2.64. The number of hydrogen-bond acceptors (Lipinski definition) is 6. The van der Waals surface area contributed by atoms with Crippen molar-refractivity contribution in [2.24, 2.45) is 0 Å². The van der Waals surface area contributed by atoms with E-state index < -0.39 is 10.8 Å². The molecule has 1 amide bonds. The van der Waals surface area contributed by atoms with Crippen LogP contribution in [0.5, 0.6) is 11.5 Å². The third-order valence-corrected chi connectivity index (χ3v) is 4.52. The van der Waals surface area contributed by atoms with E-state index in [0.717, 1.165) is 5.56 Å². The third kappa shape index (κ3) is 6.42. The first-order chi connectivity index (χ1) is 16.0. The minimum atomic E-state index is -0.631. The fourth-order valence-electron chi connectivity index (χ4n) is 2.92. The van der Waals surface area contributed by atoms with Crippen LogP contribution >= 0.6 is 0 Å². The summed E-state index contributed by atoms with van der Waals surface area (Å²) in [4.78, 5) is 22.7. The quantitative estimate of drug-likeness (QED) is 0.212.